The van der Waals surface area contributed by atoms with Crippen molar-refractivity contribution in [2.75, 3.05) is 12.4 Å². The van der Waals surface area contributed by atoms with Gasteiger partial charge in [-0.2, -0.15) is 0 Å². The lowest BCUT2D eigenvalue weighted by Crippen LogP contribution is -2.18. The number of carbonyl (C=O) groups is 1. The maximum atomic E-state index is 11.6. The Morgan fingerprint density at radius 1 is 1.32 bits per heavy atom. The molecule has 3 nitrogen and oxygen atoms in total. The van der Waals surface area contributed by atoms with E-state index in [4.69, 9.17) is 23.2 Å². The Bertz CT molecular complexity index is 598. The fourth-order valence-electron chi connectivity index (χ4n) is 1.58. The Morgan fingerprint density at radius 2 is 2.11 bits per heavy atom. The second-order valence-electron chi connectivity index (χ2n) is 3.86. The maximum absolute atomic E-state index is 11.6. The van der Waals surface area contributed by atoms with E-state index in [1.54, 1.807) is 30.5 Å². The van der Waals surface area contributed by atoms with Crippen LogP contribution in [0.3, 0.4) is 0 Å². The van der Waals surface area contributed by atoms with Gasteiger partial charge < -0.3 is 10.6 Å². The first-order chi connectivity index (χ1) is 9.10. The van der Waals surface area contributed by atoms with E-state index in [1.165, 1.54) is 0 Å². The van der Waals surface area contributed by atoms with Crippen LogP contribution >= 0.6 is 34.5 Å². The predicted molar refractivity (Wildman–Crippen MR) is 81.5 cm³/mol. The lowest BCUT2D eigenvalue weighted by Gasteiger charge is -2.08. The Hall–Kier alpha value is -1.23. The van der Waals surface area contributed by atoms with Crippen LogP contribution in [0.2, 0.25) is 10.0 Å². The number of hydrogen-bond acceptors (Lipinski definition) is 3. The molecule has 1 aromatic heterocycles. The molecule has 0 aliphatic rings. The van der Waals surface area contributed by atoms with Crippen molar-refractivity contribution in [2.45, 2.75) is 6.54 Å². The zero-order valence-corrected chi connectivity index (χ0v) is 12.5. The summed E-state index contributed by atoms with van der Waals surface area (Å²) in [5.74, 6) is -0.201. The van der Waals surface area contributed by atoms with E-state index in [2.05, 4.69) is 10.6 Å². The molecule has 6 heteroatoms. The highest BCUT2D eigenvalue weighted by atomic mass is 35.5. The van der Waals surface area contributed by atoms with Gasteiger partial charge in [-0.3, -0.25) is 4.79 Å². The van der Waals surface area contributed by atoms with Crippen LogP contribution in [-0.2, 0) is 6.54 Å². The summed E-state index contributed by atoms with van der Waals surface area (Å²) < 4.78 is 0. The van der Waals surface area contributed by atoms with Crippen molar-refractivity contribution in [3.05, 3.63) is 50.1 Å². The maximum Gasteiger partial charge on any atom is 0.252 e. The second kappa shape index (κ2) is 6.28. The van der Waals surface area contributed by atoms with Gasteiger partial charge in [-0.25, -0.2) is 0 Å². The van der Waals surface area contributed by atoms with E-state index >= 15 is 0 Å². The molecule has 1 amide bonds. The fourth-order valence-corrected chi connectivity index (χ4v) is 2.80. The minimum atomic E-state index is -0.201. The van der Waals surface area contributed by atoms with Gasteiger partial charge in [0.1, 0.15) is 0 Å². The van der Waals surface area contributed by atoms with Gasteiger partial charge in [-0.15, -0.1) is 11.3 Å². The monoisotopic (exact) mass is 314 g/mol. The van der Waals surface area contributed by atoms with Crippen LogP contribution in [0.4, 0.5) is 5.69 Å². The highest BCUT2D eigenvalue weighted by Gasteiger charge is 2.09. The van der Waals surface area contributed by atoms with Crippen molar-refractivity contribution in [3.8, 4) is 0 Å². The van der Waals surface area contributed by atoms with Crippen LogP contribution in [0, 0.1) is 0 Å². The lowest BCUT2D eigenvalue weighted by atomic mass is 10.2. The number of thiophene rings is 1. The Balaban J connectivity index is 2.10. The van der Waals surface area contributed by atoms with E-state index in [9.17, 15) is 4.79 Å². The van der Waals surface area contributed by atoms with Gasteiger partial charge in [0.2, 0.25) is 0 Å². The quantitative estimate of drug-likeness (QED) is 0.894. The summed E-state index contributed by atoms with van der Waals surface area (Å²) in [6.07, 6.45) is 0. The molecule has 2 rings (SSSR count). The Kier molecular flexibility index (Phi) is 4.69. The van der Waals surface area contributed by atoms with Crippen LogP contribution in [-0.4, -0.2) is 13.0 Å². The van der Waals surface area contributed by atoms with Crippen molar-refractivity contribution in [1.82, 2.24) is 5.32 Å². The molecule has 0 spiro atoms. The zero-order chi connectivity index (χ0) is 13.8. The fraction of sp³-hybridized carbons (Fsp3) is 0.154. The van der Waals surface area contributed by atoms with E-state index in [0.717, 1.165) is 15.6 Å². The molecule has 0 radical (unpaired) electrons. The van der Waals surface area contributed by atoms with Crippen LogP contribution < -0.4 is 10.6 Å². The third-order valence-corrected chi connectivity index (χ3v) is 4.14. The molecule has 0 atom stereocenters. The van der Waals surface area contributed by atoms with Crippen LogP contribution in [0.1, 0.15) is 15.2 Å². The number of hydrogen-bond donors (Lipinski definition) is 2. The number of anilines is 1. The van der Waals surface area contributed by atoms with Gasteiger partial charge in [-0.05, 0) is 24.3 Å². The summed E-state index contributed by atoms with van der Waals surface area (Å²) in [5, 5.41) is 8.85. The first-order valence-electron chi connectivity index (χ1n) is 5.58. The molecule has 100 valence electrons. The molecular weight excluding hydrogens is 303 g/mol. The van der Waals surface area contributed by atoms with Crippen LogP contribution in [0.15, 0.2) is 29.6 Å². The number of benzene rings is 1. The summed E-state index contributed by atoms with van der Waals surface area (Å²) in [7, 11) is 1.58. The smallest absolute Gasteiger partial charge is 0.252 e. The van der Waals surface area contributed by atoms with Crippen molar-refractivity contribution >= 4 is 46.1 Å². The molecule has 0 saturated carbocycles. The number of carbonyl (C=O) groups excluding carboxylic acids is 1. The topological polar surface area (TPSA) is 41.1 Å². The number of amides is 1. The van der Waals surface area contributed by atoms with E-state index in [1.807, 2.05) is 17.5 Å². The molecule has 0 bridgehead atoms. The minimum absolute atomic E-state index is 0.201. The van der Waals surface area contributed by atoms with E-state index < -0.39 is 0 Å². The highest BCUT2D eigenvalue weighted by molar-refractivity contribution is 7.10. The van der Waals surface area contributed by atoms with Gasteiger partial charge in [0.05, 0.1) is 15.6 Å². The predicted octanol–water partition coefficient (Wildman–Crippen LogP) is 4.03. The molecule has 1 aromatic carbocycles. The van der Waals surface area contributed by atoms with Crippen molar-refractivity contribution in [1.29, 1.82) is 0 Å². The Labute approximate surface area is 125 Å². The summed E-state index contributed by atoms with van der Waals surface area (Å²) in [5.41, 5.74) is 1.30. The standard InChI is InChI=1S/C13H12Cl2N2OS/c1-16-13(18)11-5-9(2-3-12(11)15)17-6-10-4-8(14)7-19-10/h2-5,7,17H,6H2,1H3,(H,16,18). The van der Waals surface area contributed by atoms with Gasteiger partial charge >= 0.3 is 0 Å². The summed E-state index contributed by atoms with van der Waals surface area (Å²) in [6.45, 7) is 0.659. The molecule has 0 fully saturated rings. The molecule has 2 N–H and O–H groups in total. The van der Waals surface area contributed by atoms with Crippen LogP contribution in [0.5, 0.6) is 0 Å². The number of rotatable bonds is 4. The van der Waals surface area contributed by atoms with Gasteiger partial charge in [0.25, 0.3) is 5.91 Å². The van der Waals surface area contributed by atoms with Gasteiger partial charge in [-0.1, -0.05) is 23.2 Å². The molecular formula is C13H12Cl2N2OS. The largest absolute Gasteiger partial charge is 0.380 e. The SMILES string of the molecule is CNC(=O)c1cc(NCc2cc(Cl)cs2)ccc1Cl. The zero-order valence-electron chi connectivity index (χ0n) is 10.2. The second-order valence-corrected chi connectivity index (χ2v) is 5.70. The molecule has 0 unspecified atom stereocenters. The average molecular weight is 315 g/mol. The first kappa shape index (κ1) is 14.2. The number of halogens is 2. The van der Waals surface area contributed by atoms with Gasteiger partial charge in [0, 0.05) is 29.5 Å². The van der Waals surface area contributed by atoms with Crippen molar-refractivity contribution in [2.24, 2.45) is 0 Å². The summed E-state index contributed by atoms with van der Waals surface area (Å²) in [6, 6.07) is 7.19. The van der Waals surface area contributed by atoms with E-state index in [-0.39, 0.29) is 5.91 Å². The Morgan fingerprint density at radius 3 is 2.74 bits per heavy atom. The van der Waals surface area contributed by atoms with Gasteiger partial charge in [0.15, 0.2) is 0 Å². The molecule has 0 aliphatic heterocycles. The number of nitrogens with one attached hydrogen (secondary N) is 2. The summed E-state index contributed by atoms with van der Waals surface area (Å²) in [4.78, 5) is 12.8. The van der Waals surface area contributed by atoms with Crippen molar-refractivity contribution in [3.63, 3.8) is 0 Å². The summed E-state index contributed by atoms with van der Waals surface area (Å²) >= 11 is 13.4. The lowest BCUT2D eigenvalue weighted by molar-refractivity contribution is 0.0963. The van der Waals surface area contributed by atoms with Crippen LogP contribution in [0.25, 0.3) is 0 Å². The molecule has 0 aliphatic carbocycles. The first-order valence-corrected chi connectivity index (χ1v) is 7.22. The molecule has 19 heavy (non-hydrogen) atoms. The minimum Gasteiger partial charge on any atom is -0.380 e. The normalized spacial score (nSPS) is 10.3. The third kappa shape index (κ3) is 3.62. The molecule has 0 saturated heterocycles. The third-order valence-electron chi connectivity index (χ3n) is 2.53. The average Bonchev–Trinajstić information content (AvgIpc) is 2.83. The molecule has 2 aromatic rings. The van der Waals surface area contributed by atoms with E-state index in [0.29, 0.717) is 17.1 Å². The highest BCUT2D eigenvalue weighted by Crippen LogP contribution is 2.23. The van der Waals surface area contributed by atoms with Crippen molar-refractivity contribution < 1.29 is 4.79 Å². The molecule has 1 heterocycles.